The highest BCUT2D eigenvalue weighted by Gasteiger charge is 2.11. The summed E-state index contributed by atoms with van der Waals surface area (Å²) in [5.74, 6) is -0.182. The van der Waals surface area contributed by atoms with E-state index < -0.39 is 0 Å². The molecule has 0 aliphatic rings. The standard InChI is InChI=1S/C14H17FN2S/c1-2-16-13(10-14-17-7-8-18-14)9-11-3-5-12(15)6-4-11/h3-8,13,16H,2,9-10H2,1H3. The maximum absolute atomic E-state index is 12.9. The predicted molar refractivity (Wildman–Crippen MR) is 73.4 cm³/mol. The van der Waals surface area contributed by atoms with Crippen LogP contribution in [0.4, 0.5) is 4.39 Å². The minimum atomic E-state index is -0.182. The van der Waals surface area contributed by atoms with E-state index in [4.69, 9.17) is 0 Å². The molecule has 0 bridgehead atoms. The summed E-state index contributed by atoms with van der Waals surface area (Å²) >= 11 is 1.68. The molecule has 0 saturated heterocycles. The fourth-order valence-corrected chi connectivity index (χ4v) is 2.67. The number of aromatic nitrogens is 1. The van der Waals surface area contributed by atoms with Crippen LogP contribution in [-0.4, -0.2) is 17.6 Å². The molecule has 2 nitrogen and oxygen atoms in total. The molecule has 18 heavy (non-hydrogen) atoms. The molecule has 0 fully saturated rings. The van der Waals surface area contributed by atoms with Crippen molar-refractivity contribution in [1.29, 1.82) is 0 Å². The molecule has 0 radical (unpaired) electrons. The van der Waals surface area contributed by atoms with Gasteiger partial charge in [0.05, 0.1) is 5.01 Å². The lowest BCUT2D eigenvalue weighted by molar-refractivity contribution is 0.520. The molecule has 0 aliphatic carbocycles. The fraction of sp³-hybridized carbons (Fsp3) is 0.357. The summed E-state index contributed by atoms with van der Waals surface area (Å²) in [7, 11) is 0. The number of thiazole rings is 1. The Morgan fingerprint density at radius 1 is 1.28 bits per heavy atom. The zero-order chi connectivity index (χ0) is 12.8. The molecule has 2 aromatic rings. The number of nitrogens with one attached hydrogen (secondary N) is 1. The fourth-order valence-electron chi connectivity index (χ4n) is 1.97. The van der Waals surface area contributed by atoms with E-state index >= 15 is 0 Å². The van der Waals surface area contributed by atoms with E-state index in [0.29, 0.717) is 6.04 Å². The number of halogens is 1. The van der Waals surface area contributed by atoms with Crippen molar-refractivity contribution in [2.24, 2.45) is 0 Å². The minimum Gasteiger partial charge on any atom is -0.314 e. The smallest absolute Gasteiger partial charge is 0.123 e. The Morgan fingerprint density at radius 3 is 2.67 bits per heavy atom. The molecule has 2 rings (SSSR count). The van der Waals surface area contributed by atoms with Crippen LogP contribution in [0.5, 0.6) is 0 Å². The lowest BCUT2D eigenvalue weighted by Gasteiger charge is -2.16. The van der Waals surface area contributed by atoms with Gasteiger partial charge in [0.15, 0.2) is 0 Å². The van der Waals surface area contributed by atoms with E-state index in [1.165, 1.54) is 12.1 Å². The summed E-state index contributed by atoms with van der Waals surface area (Å²) in [6.45, 7) is 3.02. The highest BCUT2D eigenvalue weighted by molar-refractivity contribution is 7.09. The summed E-state index contributed by atoms with van der Waals surface area (Å²) in [6, 6.07) is 7.08. The molecule has 4 heteroatoms. The number of benzene rings is 1. The first-order valence-corrected chi connectivity index (χ1v) is 7.02. The zero-order valence-electron chi connectivity index (χ0n) is 10.4. The molecule has 1 heterocycles. The van der Waals surface area contributed by atoms with Gasteiger partial charge in [0.25, 0.3) is 0 Å². The normalized spacial score (nSPS) is 12.6. The van der Waals surface area contributed by atoms with Crippen molar-refractivity contribution >= 4 is 11.3 Å². The van der Waals surface area contributed by atoms with Crippen molar-refractivity contribution in [3.63, 3.8) is 0 Å². The highest BCUT2D eigenvalue weighted by atomic mass is 32.1. The molecule has 0 amide bonds. The Labute approximate surface area is 111 Å². The van der Waals surface area contributed by atoms with Crippen LogP contribution in [0.2, 0.25) is 0 Å². The van der Waals surface area contributed by atoms with Crippen LogP contribution in [0.15, 0.2) is 35.8 Å². The van der Waals surface area contributed by atoms with Gasteiger partial charge in [0, 0.05) is 24.0 Å². The molecule has 1 aromatic carbocycles. The number of rotatable bonds is 6. The van der Waals surface area contributed by atoms with Crippen LogP contribution >= 0.6 is 11.3 Å². The zero-order valence-corrected chi connectivity index (χ0v) is 11.2. The van der Waals surface area contributed by atoms with E-state index in [1.54, 1.807) is 11.3 Å². The number of hydrogen-bond acceptors (Lipinski definition) is 3. The maximum Gasteiger partial charge on any atom is 0.123 e. The Hall–Kier alpha value is -1.26. The van der Waals surface area contributed by atoms with Gasteiger partial charge in [-0.1, -0.05) is 19.1 Å². The van der Waals surface area contributed by atoms with Crippen molar-refractivity contribution in [2.45, 2.75) is 25.8 Å². The van der Waals surface area contributed by atoms with Gasteiger partial charge in [-0.25, -0.2) is 9.37 Å². The van der Waals surface area contributed by atoms with Gasteiger partial charge in [0.1, 0.15) is 5.82 Å². The minimum absolute atomic E-state index is 0.182. The van der Waals surface area contributed by atoms with Crippen LogP contribution in [0.3, 0.4) is 0 Å². The van der Waals surface area contributed by atoms with Crippen molar-refractivity contribution in [1.82, 2.24) is 10.3 Å². The molecule has 0 aliphatic heterocycles. The van der Waals surface area contributed by atoms with E-state index in [1.807, 2.05) is 23.7 Å². The molecular weight excluding hydrogens is 247 g/mol. The van der Waals surface area contributed by atoms with E-state index in [0.717, 1.165) is 30.0 Å². The molecule has 0 saturated carbocycles. The van der Waals surface area contributed by atoms with Crippen LogP contribution in [0, 0.1) is 5.82 Å². The second kappa shape index (κ2) is 6.61. The second-order valence-corrected chi connectivity index (χ2v) is 5.19. The summed E-state index contributed by atoms with van der Waals surface area (Å²) in [5, 5.41) is 6.59. The van der Waals surface area contributed by atoms with Gasteiger partial charge in [-0.15, -0.1) is 11.3 Å². The first kappa shape index (κ1) is 13.2. The third kappa shape index (κ3) is 3.89. The van der Waals surface area contributed by atoms with Crippen molar-refractivity contribution in [3.8, 4) is 0 Å². The van der Waals surface area contributed by atoms with Gasteiger partial charge in [-0.2, -0.15) is 0 Å². The van der Waals surface area contributed by atoms with E-state index in [9.17, 15) is 4.39 Å². The quantitative estimate of drug-likeness (QED) is 0.867. The summed E-state index contributed by atoms with van der Waals surface area (Å²) in [5.41, 5.74) is 1.15. The Balaban J connectivity index is 1.99. The molecule has 1 aromatic heterocycles. The molecule has 1 N–H and O–H groups in total. The van der Waals surface area contributed by atoms with Crippen molar-refractivity contribution < 1.29 is 4.39 Å². The number of nitrogens with zero attached hydrogens (tertiary/aromatic N) is 1. The Kier molecular flexibility index (Phi) is 4.84. The molecule has 1 atom stereocenters. The van der Waals surface area contributed by atoms with Crippen LogP contribution in [0.25, 0.3) is 0 Å². The third-order valence-corrected chi connectivity index (χ3v) is 3.59. The van der Waals surface area contributed by atoms with Gasteiger partial charge >= 0.3 is 0 Å². The van der Waals surface area contributed by atoms with E-state index in [-0.39, 0.29) is 5.82 Å². The molecule has 0 spiro atoms. The topological polar surface area (TPSA) is 24.9 Å². The predicted octanol–water partition coefficient (Wildman–Crippen LogP) is 3.05. The van der Waals surface area contributed by atoms with Crippen LogP contribution in [-0.2, 0) is 12.8 Å². The Bertz CT molecular complexity index is 453. The van der Waals surface area contributed by atoms with Crippen molar-refractivity contribution in [2.75, 3.05) is 6.54 Å². The van der Waals surface area contributed by atoms with Gasteiger partial charge in [-0.3, -0.25) is 0 Å². The lowest BCUT2D eigenvalue weighted by atomic mass is 10.0. The Morgan fingerprint density at radius 2 is 2.06 bits per heavy atom. The molecule has 1 unspecified atom stereocenters. The largest absolute Gasteiger partial charge is 0.314 e. The first-order valence-electron chi connectivity index (χ1n) is 6.14. The molecular formula is C14H17FN2S. The second-order valence-electron chi connectivity index (χ2n) is 4.22. The summed E-state index contributed by atoms with van der Waals surface area (Å²) < 4.78 is 12.9. The monoisotopic (exact) mass is 264 g/mol. The average molecular weight is 264 g/mol. The van der Waals surface area contributed by atoms with Crippen LogP contribution < -0.4 is 5.32 Å². The number of hydrogen-bond donors (Lipinski definition) is 1. The summed E-state index contributed by atoms with van der Waals surface area (Å²) in [6.07, 6.45) is 3.65. The molecule has 96 valence electrons. The average Bonchev–Trinajstić information content (AvgIpc) is 2.85. The van der Waals surface area contributed by atoms with Crippen LogP contribution in [0.1, 0.15) is 17.5 Å². The van der Waals surface area contributed by atoms with Gasteiger partial charge in [0.2, 0.25) is 0 Å². The highest BCUT2D eigenvalue weighted by Crippen LogP contribution is 2.12. The number of likely N-dealkylation sites (N-methyl/N-ethyl adjacent to an activating group) is 1. The SMILES string of the molecule is CCNC(Cc1ccc(F)cc1)Cc1nccs1. The van der Waals surface area contributed by atoms with Gasteiger partial charge < -0.3 is 5.32 Å². The summed E-state index contributed by atoms with van der Waals surface area (Å²) in [4.78, 5) is 4.31. The first-order chi connectivity index (χ1) is 8.78. The lowest BCUT2D eigenvalue weighted by Crippen LogP contribution is -2.33. The van der Waals surface area contributed by atoms with Gasteiger partial charge in [-0.05, 0) is 30.7 Å². The van der Waals surface area contributed by atoms with Crippen molar-refractivity contribution in [3.05, 3.63) is 52.2 Å². The third-order valence-electron chi connectivity index (χ3n) is 2.79. The van der Waals surface area contributed by atoms with E-state index in [2.05, 4.69) is 17.2 Å². The maximum atomic E-state index is 12.9.